The summed E-state index contributed by atoms with van der Waals surface area (Å²) in [5, 5.41) is 5.78. The maximum absolute atomic E-state index is 12.2. The lowest BCUT2D eigenvalue weighted by Crippen LogP contribution is -2.24. The number of thiazole rings is 1. The zero-order valence-electron chi connectivity index (χ0n) is 15.5. The summed E-state index contributed by atoms with van der Waals surface area (Å²) in [6.45, 7) is 1.54. The lowest BCUT2D eigenvalue weighted by atomic mass is 10.2. The van der Waals surface area contributed by atoms with Crippen molar-refractivity contribution in [3.8, 4) is 16.3 Å². The first-order chi connectivity index (χ1) is 13.6. The van der Waals surface area contributed by atoms with Gasteiger partial charge in [-0.15, -0.1) is 11.3 Å². The van der Waals surface area contributed by atoms with E-state index in [0.717, 1.165) is 32.1 Å². The van der Waals surface area contributed by atoms with E-state index >= 15 is 0 Å². The quantitative estimate of drug-likeness (QED) is 0.479. The fourth-order valence-corrected chi connectivity index (χ4v) is 3.73. The Kier molecular flexibility index (Phi) is 7.59. The highest BCUT2D eigenvalue weighted by Gasteiger charge is 2.09. The molecule has 146 valence electrons. The molecule has 0 atom stereocenters. The Balaban J connectivity index is 1.48. The maximum Gasteiger partial charge on any atom is 0.226 e. The van der Waals surface area contributed by atoms with Crippen LogP contribution in [0.1, 0.15) is 11.3 Å². The first kappa shape index (κ1) is 20.5. The van der Waals surface area contributed by atoms with E-state index in [0.29, 0.717) is 19.8 Å². The van der Waals surface area contributed by atoms with Crippen LogP contribution in [0, 0.1) is 0 Å². The maximum atomic E-state index is 12.2. The number of hydrogen-bond acceptors (Lipinski definition) is 5. The SMILES string of the molecule is COCCOc1ccc(CNC(=O)Cc2csc(-c3cccc(Br)c3)n2)cc1. The first-order valence-corrected chi connectivity index (χ1v) is 10.5. The first-order valence-electron chi connectivity index (χ1n) is 8.82. The molecule has 0 fully saturated rings. The van der Waals surface area contributed by atoms with E-state index in [1.807, 2.05) is 53.9 Å². The summed E-state index contributed by atoms with van der Waals surface area (Å²) >= 11 is 5.01. The highest BCUT2D eigenvalue weighted by molar-refractivity contribution is 9.10. The summed E-state index contributed by atoms with van der Waals surface area (Å²) in [7, 11) is 1.64. The Morgan fingerprint density at radius 2 is 2.00 bits per heavy atom. The van der Waals surface area contributed by atoms with Gasteiger partial charge in [0, 0.05) is 29.1 Å². The molecule has 2 aromatic carbocycles. The topological polar surface area (TPSA) is 60.5 Å². The minimum absolute atomic E-state index is 0.0495. The number of amides is 1. The molecule has 3 rings (SSSR count). The highest BCUT2D eigenvalue weighted by Crippen LogP contribution is 2.26. The third-order valence-electron chi connectivity index (χ3n) is 3.93. The van der Waals surface area contributed by atoms with Crippen LogP contribution in [0.3, 0.4) is 0 Å². The molecular formula is C21H21BrN2O3S. The monoisotopic (exact) mass is 460 g/mol. The van der Waals surface area contributed by atoms with Crippen LogP contribution >= 0.6 is 27.3 Å². The Bertz CT molecular complexity index is 912. The number of nitrogens with zero attached hydrogens (tertiary/aromatic N) is 1. The van der Waals surface area contributed by atoms with Crippen molar-refractivity contribution in [3.05, 3.63) is 69.6 Å². The third kappa shape index (κ3) is 6.15. The second-order valence-corrected chi connectivity index (χ2v) is 7.87. The molecule has 0 aliphatic heterocycles. The van der Waals surface area contributed by atoms with Crippen molar-refractivity contribution in [2.24, 2.45) is 0 Å². The largest absolute Gasteiger partial charge is 0.491 e. The predicted molar refractivity (Wildman–Crippen MR) is 115 cm³/mol. The Hall–Kier alpha value is -2.22. The van der Waals surface area contributed by atoms with Crippen LogP contribution in [-0.2, 0) is 22.5 Å². The van der Waals surface area contributed by atoms with E-state index in [4.69, 9.17) is 9.47 Å². The van der Waals surface area contributed by atoms with Gasteiger partial charge in [-0.05, 0) is 29.8 Å². The van der Waals surface area contributed by atoms with Crippen molar-refractivity contribution >= 4 is 33.2 Å². The van der Waals surface area contributed by atoms with Crippen molar-refractivity contribution in [2.75, 3.05) is 20.3 Å². The van der Waals surface area contributed by atoms with Gasteiger partial charge in [-0.2, -0.15) is 0 Å². The second-order valence-electron chi connectivity index (χ2n) is 6.09. The third-order valence-corrected chi connectivity index (χ3v) is 5.37. The van der Waals surface area contributed by atoms with Gasteiger partial charge >= 0.3 is 0 Å². The molecule has 0 saturated heterocycles. The van der Waals surface area contributed by atoms with Gasteiger partial charge in [0.2, 0.25) is 5.91 Å². The van der Waals surface area contributed by atoms with Gasteiger partial charge < -0.3 is 14.8 Å². The second kappa shape index (κ2) is 10.4. The van der Waals surface area contributed by atoms with Gasteiger partial charge in [-0.3, -0.25) is 4.79 Å². The van der Waals surface area contributed by atoms with Gasteiger partial charge in [0.25, 0.3) is 0 Å². The van der Waals surface area contributed by atoms with Crippen LogP contribution in [0.2, 0.25) is 0 Å². The predicted octanol–water partition coefficient (Wildman–Crippen LogP) is 4.46. The van der Waals surface area contributed by atoms with Crippen molar-refractivity contribution in [2.45, 2.75) is 13.0 Å². The Morgan fingerprint density at radius 1 is 1.18 bits per heavy atom. The van der Waals surface area contributed by atoms with Gasteiger partial charge in [0.05, 0.1) is 18.7 Å². The van der Waals surface area contributed by atoms with E-state index in [1.54, 1.807) is 18.4 Å². The van der Waals surface area contributed by atoms with Crippen molar-refractivity contribution < 1.29 is 14.3 Å². The van der Waals surface area contributed by atoms with Crippen LogP contribution in [0.15, 0.2) is 58.4 Å². The van der Waals surface area contributed by atoms with Crippen LogP contribution in [0.4, 0.5) is 0 Å². The zero-order valence-corrected chi connectivity index (χ0v) is 17.9. The van der Waals surface area contributed by atoms with Crippen LogP contribution < -0.4 is 10.1 Å². The number of nitrogens with one attached hydrogen (secondary N) is 1. The molecule has 3 aromatic rings. The van der Waals surface area contributed by atoms with E-state index in [1.165, 1.54) is 0 Å². The fraction of sp³-hybridized carbons (Fsp3) is 0.238. The number of halogens is 1. The Labute approximate surface area is 176 Å². The lowest BCUT2D eigenvalue weighted by Gasteiger charge is -2.07. The molecule has 1 aromatic heterocycles. The summed E-state index contributed by atoms with van der Waals surface area (Å²) in [6.07, 6.45) is 0.267. The van der Waals surface area contributed by atoms with E-state index in [-0.39, 0.29) is 12.3 Å². The fourth-order valence-electron chi connectivity index (χ4n) is 2.52. The zero-order chi connectivity index (χ0) is 19.8. The number of benzene rings is 2. The average molecular weight is 461 g/mol. The molecule has 0 aliphatic rings. The molecule has 0 spiro atoms. The standard InChI is InChI=1S/C21H21BrN2O3S/c1-26-9-10-27-19-7-5-15(6-8-19)13-23-20(25)12-18-14-28-21(24-18)16-3-2-4-17(22)11-16/h2-8,11,14H,9-10,12-13H2,1H3,(H,23,25). The van der Waals surface area contributed by atoms with Crippen molar-refractivity contribution in [3.63, 3.8) is 0 Å². The number of hydrogen-bond donors (Lipinski definition) is 1. The lowest BCUT2D eigenvalue weighted by molar-refractivity contribution is -0.120. The van der Waals surface area contributed by atoms with Crippen LogP contribution in [0.25, 0.3) is 10.6 Å². The van der Waals surface area contributed by atoms with E-state index in [2.05, 4.69) is 26.2 Å². The minimum atomic E-state index is -0.0495. The van der Waals surface area contributed by atoms with Crippen molar-refractivity contribution in [1.29, 1.82) is 0 Å². The molecule has 0 bridgehead atoms. The van der Waals surface area contributed by atoms with Crippen molar-refractivity contribution in [1.82, 2.24) is 10.3 Å². The van der Waals surface area contributed by atoms with Gasteiger partial charge in [-0.25, -0.2) is 4.98 Å². The molecule has 0 saturated carbocycles. The molecule has 7 heteroatoms. The summed E-state index contributed by atoms with van der Waals surface area (Å²) in [4.78, 5) is 16.8. The smallest absolute Gasteiger partial charge is 0.226 e. The van der Waals surface area contributed by atoms with Gasteiger partial charge in [-0.1, -0.05) is 40.2 Å². The van der Waals surface area contributed by atoms with Crippen LogP contribution in [0.5, 0.6) is 5.75 Å². The number of rotatable bonds is 9. The summed E-state index contributed by atoms with van der Waals surface area (Å²) in [5.74, 6) is 0.737. The molecule has 1 heterocycles. The summed E-state index contributed by atoms with van der Waals surface area (Å²) < 4.78 is 11.5. The molecule has 0 unspecified atom stereocenters. The minimum Gasteiger partial charge on any atom is -0.491 e. The molecule has 1 N–H and O–H groups in total. The number of ether oxygens (including phenoxy) is 2. The molecule has 5 nitrogen and oxygen atoms in total. The highest BCUT2D eigenvalue weighted by atomic mass is 79.9. The summed E-state index contributed by atoms with van der Waals surface area (Å²) in [5.41, 5.74) is 2.83. The molecule has 28 heavy (non-hydrogen) atoms. The van der Waals surface area contributed by atoms with E-state index < -0.39 is 0 Å². The van der Waals surface area contributed by atoms with E-state index in [9.17, 15) is 4.79 Å². The average Bonchev–Trinajstić information content (AvgIpc) is 3.16. The molecule has 1 amide bonds. The normalized spacial score (nSPS) is 10.6. The Morgan fingerprint density at radius 3 is 2.75 bits per heavy atom. The number of aromatic nitrogens is 1. The van der Waals surface area contributed by atoms with Crippen LogP contribution in [-0.4, -0.2) is 31.2 Å². The molecule has 0 aliphatic carbocycles. The molecular weight excluding hydrogens is 440 g/mol. The van der Waals surface area contributed by atoms with Gasteiger partial charge in [0.1, 0.15) is 17.4 Å². The number of carbonyl (C=O) groups is 1. The van der Waals surface area contributed by atoms with Gasteiger partial charge in [0.15, 0.2) is 0 Å². The number of carbonyl (C=O) groups excluding carboxylic acids is 1. The molecule has 0 radical (unpaired) electrons. The summed E-state index contributed by atoms with van der Waals surface area (Å²) in [6, 6.07) is 15.6. The number of methoxy groups -OCH3 is 1.